The van der Waals surface area contributed by atoms with Crippen molar-refractivity contribution in [2.45, 2.75) is 32.1 Å². The molecule has 0 unspecified atom stereocenters. The molecule has 0 aliphatic rings. The SMILES string of the molecule is C=CCCCCCCNCC=C. The fourth-order valence-electron chi connectivity index (χ4n) is 1.10. The lowest BCUT2D eigenvalue weighted by Gasteiger charge is -2.00. The second kappa shape index (κ2) is 10.4. The molecule has 0 saturated carbocycles. The third kappa shape index (κ3) is 9.44. The predicted molar refractivity (Wildman–Crippen MR) is 56.3 cm³/mol. The molecule has 0 heterocycles. The van der Waals surface area contributed by atoms with Crippen molar-refractivity contribution < 1.29 is 0 Å². The Morgan fingerprint density at radius 2 is 1.67 bits per heavy atom. The van der Waals surface area contributed by atoms with Gasteiger partial charge in [-0.05, 0) is 25.8 Å². The molecule has 0 aliphatic carbocycles. The summed E-state index contributed by atoms with van der Waals surface area (Å²) in [6.07, 6.45) is 10.3. The van der Waals surface area contributed by atoms with E-state index in [1.807, 2.05) is 12.2 Å². The minimum atomic E-state index is 0.937. The van der Waals surface area contributed by atoms with Crippen LogP contribution in [0, 0.1) is 0 Å². The summed E-state index contributed by atoms with van der Waals surface area (Å²) >= 11 is 0. The molecule has 0 aromatic rings. The molecule has 70 valence electrons. The quantitative estimate of drug-likeness (QED) is 0.411. The zero-order valence-corrected chi connectivity index (χ0v) is 8.02. The summed E-state index contributed by atoms with van der Waals surface area (Å²) in [4.78, 5) is 0. The number of nitrogens with one attached hydrogen (secondary N) is 1. The molecule has 0 rings (SSSR count). The van der Waals surface area contributed by atoms with Gasteiger partial charge in [-0.15, -0.1) is 13.2 Å². The van der Waals surface area contributed by atoms with E-state index in [0.29, 0.717) is 0 Å². The van der Waals surface area contributed by atoms with Crippen LogP contribution in [0.5, 0.6) is 0 Å². The average molecular weight is 167 g/mol. The zero-order valence-electron chi connectivity index (χ0n) is 8.02. The number of hydrogen-bond acceptors (Lipinski definition) is 1. The molecule has 1 heteroatoms. The summed E-state index contributed by atoms with van der Waals surface area (Å²) < 4.78 is 0. The Hall–Kier alpha value is -0.560. The van der Waals surface area contributed by atoms with Crippen LogP contribution in [0.25, 0.3) is 0 Å². The monoisotopic (exact) mass is 167 g/mol. The highest BCUT2D eigenvalue weighted by Crippen LogP contribution is 2.01. The highest BCUT2D eigenvalue weighted by Gasteiger charge is 1.87. The van der Waals surface area contributed by atoms with Gasteiger partial charge >= 0.3 is 0 Å². The van der Waals surface area contributed by atoms with E-state index >= 15 is 0 Å². The van der Waals surface area contributed by atoms with Crippen LogP contribution in [0.15, 0.2) is 25.3 Å². The van der Waals surface area contributed by atoms with Crippen LogP contribution >= 0.6 is 0 Å². The van der Waals surface area contributed by atoms with E-state index in [2.05, 4.69) is 18.5 Å². The molecule has 1 nitrogen and oxygen atoms in total. The molecule has 0 aromatic heterocycles. The van der Waals surface area contributed by atoms with E-state index in [0.717, 1.165) is 13.1 Å². The maximum absolute atomic E-state index is 3.70. The van der Waals surface area contributed by atoms with Gasteiger partial charge in [0, 0.05) is 6.54 Å². The normalized spacial score (nSPS) is 9.67. The van der Waals surface area contributed by atoms with Gasteiger partial charge < -0.3 is 5.32 Å². The van der Waals surface area contributed by atoms with Gasteiger partial charge in [-0.1, -0.05) is 25.0 Å². The van der Waals surface area contributed by atoms with Gasteiger partial charge in [0.05, 0.1) is 0 Å². The van der Waals surface area contributed by atoms with Crippen LogP contribution in [0.2, 0.25) is 0 Å². The first-order chi connectivity index (χ1) is 5.91. The van der Waals surface area contributed by atoms with Crippen molar-refractivity contribution in [3.05, 3.63) is 25.3 Å². The first kappa shape index (κ1) is 11.4. The standard InChI is InChI=1S/C11H21N/c1-3-5-6-7-8-9-11-12-10-4-2/h3-4,12H,1-2,5-11H2. The maximum Gasteiger partial charge on any atom is 0.0132 e. The summed E-state index contributed by atoms with van der Waals surface area (Å²) in [6, 6.07) is 0. The van der Waals surface area contributed by atoms with Crippen LogP contribution in [0.4, 0.5) is 0 Å². The van der Waals surface area contributed by atoms with Gasteiger partial charge in [0.25, 0.3) is 0 Å². The highest BCUT2D eigenvalue weighted by atomic mass is 14.8. The van der Waals surface area contributed by atoms with Crippen molar-refractivity contribution in [3.63, 3.8) is 0 Å². The highest BCUT2D eigenvalue weighted by molar-refractivity contribution is 4.69. The summed E-state index contributed by atoms with van der Waals surface area (Å²) in [6.45, 7) is 9.40. The van der Waals surface area contributed by atoms with Crippen LogP contribution in [0.1, 0.15) is 32.1 Å². The second-order valence-electron chi connectivity index (χ2n) is 2.98. The number of allylic oxidation sites excluding steroid dienone is 1. The lowest BCUT2D eigenvalue weighted by Crippen LogP contribution is -2.14. The van der Waals surface area contributed by atoms with Gasteiger partial charge in [-0.25, -0.2) is 0 Å². The fraction of sp³-hybridized carbons (Fsp3) is 0.636. The lowest BCUT2D eigenvalue weighted by atomic mass is 10.1. The summed E-state index contributed by atoms with van der Waals surface area (Å²) in [5.74, 6) is 0. The Kier molecular flexibility index (Phi) is 9.95. The second-order valence-corrected chi connectivity index (χ2v) is 2.98. The summed E-state index contributed by atoms with van der Waals surface area (Å²) in [5.41, 5.74) is 0. The van der Waals surface area contributed by atoms with Crippen LogP contribution in [0.3, 0.4) is 0 Å². The Bertz CT molecular complexity index is 93.6. The largest absolute Gasteiger partial charge is 0.313 e. The number of rotatable bonds is 9. The van der Waals surface area contributed by atoms with Crippen molar-refractivity contribution in [3.8, 4) is 0 Å². The van der Waals surface area contributed by atoms with Gasteiger partial charge in [0.1, 0.15) is 0 Å². The van der Waals surface area contributed by atoms with E-state index in [1.165, 1.54) is 32.1 Å². The van der Waals surface area contributed by atoms with E-state index in [1.54, 1.807) is 0 Å². The average Bonchev–Trinajstić information content (AvgIpc) is 2.10. The molecule has 0 fully saturated rings. The zero-order chi connectivity index (χ0) is 9.07. The molecular weight excluding hydrogens is 146 g/mol. The van der Waals surface area contributed by atoms with Gasteiger partial charge in [0.2, 0.25) is 0 Å². The maximum atomic E-state index is 3.70. The molecule has 0 aromatic carbocycles. The predicted octanol–water partition coefficient (Wildman–Crippen LogP) is 2.90. The smallest absolute Gasteiger partial charge is 0.0132 e. The molecule has 0 bridgehead atoms. The lowest BCUT2D eigenvalue weighted by molar-refractivity contribution is 0.609. The fourth-order valence-corrected chi connectivity index (χ4v) is 1.10. The minimum Gasteiger partial charge on any atom is -0.313 e. The molecule has 0 atom stereocenters. The van der Waals surface area contributed by atoms with Crippen molar-refractivity contribution in [1.82, 2.24) is 5.32 Å². The Morgan fingerprint density at radius 3 is 2.33 bits per heavy atom. The Balaban J connectivity index is 2.81. The number of unbranched alkanes of at least 4 members (excludes halogenated alkanes) is 4. The Morgan fingerprint density at radius 1 is 0.917 bits per heavy atom. The summed E-state index contributed by atoms with van der Waals surface area (Å²) in [5, 5.41) is 3.29. The number of hydrogen-bond donors (Lipinski definition) is 1. The van der Waals surface area contributed by atoms with Crippen molar-refractivity contribution in [2.75, 3.05) is 13.1 Å². The van der Waals surface area contributed by atoms with Crippen LogP contribution in [-0.4, -0.2) is 13.1 Å². The summed E-state index contributed by atoms with van der Waals surface area (Å²) in [7, 11) is 0. The molecule has 0 spiro atoms. The van der Waals surface area contributed by atoms with E-state index in [9.17, 15) is 0 Å². The third-order valence-electron chi connectivity index (χ3n) is 1.80. The minimum absolute atomic E-state index is 0.937. The first-order valence-corrected chi connectivity index (χ1v) is 4.84. The van der Waals surface area contributed by atoms with Crippen LogP contribution in [-0.2, 0) is 0 Å². The van der Waals surface area contributed by atoms with Gasteiger partial charge in [0.15, 0.2) is 0 Å². The molecule has 0 aliphatic heterocycles. The molecule has 0 saturated heterocycles. The molecule has 12 heavy (non-hydrogen) atoms. The van der Waals surface area contributed by atoms with Gasteiger partial charge in [-0.3, -0.25) is 0 Å². The molecule has 0 amide bonds. The van der Waals surface area contributed by atoms with Crippen molar-refractivity contribution in [1.29, 1.82) is 0 Å². The van der Waals surface area contributed by atoms with Gasteiger partial charge in [-0.2, -0.15) is 0 Å². The topological polar surface area (TPSA) is 12.0 Å². The molecule has 1 N–H and O–H groups in total. The van der Waals surface area contributed by atoms with Crippen molar-refractivity contribution in [2.24, 2.45) is 0 Å². The molecule has 0 radical (unpaired) electrons. The third-order valence-corrected chi connectivity index (χ3v) is 1.80. The van der Waals surface area contributed by atoms with E-state index in [-0.39, 0.29) is 0 Å². The van der Waals surface area contributed by atoms with E-state index in [4.69, 9.17) is 0 Å². The molecular formula is C11H21N. The van der Waals surface area contributed by atoms with Crippen LogP contribution < -0.4 is 5.32 Å². The first-order valence-electron chi connectivity index (χ1n) is 4.84. The van der Waals surface area contributed by atoms with Crippen molar-refractivity contribution >= 4 is 0 Å². The van der Waals surface area contributed by atoms with E-state index < -0.39 is 0 Å². The Labute approximate surface area is 76.6 Å².